The third kappa shape index (κ3) is 65.6. The summed E-state index contributed by atoms with van der Waals surface area (Å²) in [5, 5.41) is 0. The van der Waals surface area contributed by atoms with Crippen molar-refractivity contribution in [3.63, 3.8) is 0 Å². The van der Waals surface area contributed by atoms with Crippen molar-refractivity contribution in [1.82, 2.24) is 0 Å². The summed E-state index contributed by atoms with van der Waals surface area (Å²) in [6.07, 6.45) is 2.26. The maximum absolute atomic E-state index is 8.52. The monoisotopic (exact) mass is 330 g/mol. The standard InChI is InChI=1S/2C6H17N2.H2O4S/c2*1-8(2,3)6-4-5-7;1-5(2,3)4/h2*4-7H2,1-3H3;(H2,1,2,3,4)/q2*+1;/p-2. The van der Waals surface area contributed by atoms with Crippen LogP contribution in [0, 0.1) is 0 Å². The van der Waals surface area contributed by atoms with Crippen LogP contribution < -0.4 is 11.5 Å². The molecule has 0 amide bonds. The number of hydrogen-bond donors (Lipinski definition) is 2. The third-order valence-corrected chi connectivity index (χ3v) is 2.07. The SMILES string of the molecule is C[N+](C)(C)CCCN.C[N+](C)(C)CCCN.O=S(=O)([O-])[O-]. The van der Waals surface area contributed by atoms with Gasteiger partial charge in [-0.05, 0) is 13.1 Å². The van der Waals surface area contributed by atoms with Gasteiger partial charge in [-0.1, -0.05) is 0 Å². The zero-order chi connectivity index (χ0) is 17.7. The van der Waals surface area contributed by atoms with Crippen molar-refractivity contribution in [1.29, 1.82) is 0 Å². The maximum Gasteiger partial charge on any atom is 0.0792 e. The molecule has 0 aliphatic rings. The zero-order valence-electron chi connectivity index (χ0n) is 14.3. The Morgan fingerprint density at radius 1 is 0.762 bits per heavy atom. The van der Waals surface area contributed by atoms with Crippen LogP contribution in [0.3, 0.4) is 0 Å². The summed E-state index contributed by atoms with van der Waals surface area (Å²) in [5.74, 6) is 0. The molecule has 9 heteroatoms. The van der Waals surface area contributed by atoms with Crippen molar-refractivity contribution in [2.75, 3.05) is 68.5 Å². The van der Waals surface area contributed by atoms with Crippen molar-refractivity contribution < 1.29 is 26.5 Å². The molecule has 0 heterocycles. The Hall–Kier alpha value is -0.290. The summed E-state index contributed by atoms with van der Waals surface area (Å²) < 4.78 is 36.1. The highest BCUT2D eigenvalue weighted by molar-refractivity contribution is 7.79. The quantitative estimate of drug-likeness (QED) is 0.355. The van der Waals surface area contributed by atoms with Crippen molar-refractivity contribution in [2.24, 2.45) is 11.5 Å². The maximum atomic E-state index is 8.52. The summed E-state index contributed by atoms with van der Waals surface area (Å²) in [6.45, 7) is 3.98. The van der Waals surface area contributed by atoms with E-state index in [0.717, 1.165) is 34.9 Å². The molecule has 0 aliphatic heterocycles. The van der Waals surface area contributed by atoms with Gasteiger partial charge in [-0.15, -0.1) is 0 Å². The molecule has 0 saturated heterocycles. The fraction of sp³-hybridized carbons (Fsp3) is 1.00. The van der Waals surface area contributed by atoms with Crippen LogP contribution in [-0.4, -0.2) is 95.0 Å². The van der Waals surface area contributed by atoms with Gasteiger partial charge in [-0.3, -0.25) is 8.42 Å². The minimum atomic E-state index is -5.17. The van der Waals surface area contributed by atoms with Gasteiger partial charge in [-0.25, -0.2) is 0 Å². The molecule has 0 bridgehead atoms. The van der Waals surface area contributed by atoms with Gasteiger partial charge in [0, 0.05) is 23.2 Å². The van der Waals surface area contributed by atoms with E-state index in [-0.39, 0.29) is 0 Å². The van der Waals surface area contributed by atoms with Gasteiger partial charge in [0.05, 0.1) is 55.4 Å². The van der Waals surface area contributed by atoms with Gasteiger partial charge in [0.25, 0.3) is 0 Å². The number of quaternary nitrogens is 2. The molecule has 0 unspecified atom stereocenters. The lowest BCUT2D eigenvalue weighted by Gasteiger charge is -2.23. The minimum absolute atomic E-state index is 0.815. The van der Waals surface area contributed by atoms with Crippen LogP contribution in [0.1, 0.15) is 12.8 Å². The second-order valence-corrected chi connectivity index (χ2v) is 7.54. The Balaban J connectivity index is -0.000000239. The zero-order valence-corrected chi connectivity index (χ0v) is 15.1. The van der Waals surface area contributed by atoms with E-state index >= 15 is 0 Å². The molecular weight excluding hydrogens is 296 g/mol. The average Bonchev–Trinajstić information content (AvgIpc) is 2.20. The van der Waals surface area contributed by atoms with Crippen LogP contribution in [0.5, 0.6) is 0 Å². The molecule has 0 atom stereocenters. The molecule has 0 spiro atoms. The molecule has 0 saturated carbocycles. The Kier molecular flexibility index (Phi) is 15.0. The fourth-order valence-corrected chi connectivity index (χ4v) is 1.13. The van der Waals surface area contributed by atoms with Crippen molar-refractivity contribution >= 4 is 10.4 Å². The van der Waals surface area contributed by atoms with Crippen molar-refractivity contribution in [3.8, 4) is 0 Å². The summed E-state index contributed by atoms with van der Waals surface area (Å²) in [4.78, 5) is 0. The Morgan fingerprint density at radius 2 is 0.952 bits per heavy atom. The van der Waals surface area contributed by atoms with Gasteiger partial charge in [0.15, 0.2) is 0 Å². The van der Waals surface area contributed by atoms with Crippen LogP contribution >= 0.6 is 0 Å². The summed E-state index contributed by atoms with van der Waals surface area (Å²) >= 11 is 0. The van der Waals surface area contributed by atoms with E-state index in [0.29, 0.717) is 0 Å². The van der Waals surface area contributed by atoms with Crippen LogP contribution in [0.2, 0.25) is 0 Å². The van der Waals surface area contributed by atoms with E-state index in [1.54, 1.807) is 0 Å². The van der Waals surface area contributed by atoms with Gasteiger partial charge < -0.3 is 29.5 Å². The average molecular weight is 330 g/mol. The third-order valence-electron chi connectivity index (χ3n) is 2.07. The largest absolute Gasteiger partial charge is 0.759 e. The minimum Gasteiger partial charge on any atom is -0.759 e. The van der Waals surface area contributed by atoms with Crippen molar-refractivity contribution in [3.05, 3.63) is 0 Å². The Labute approximate surface area is 130 Å². The van der Waals surface area contributed by atoms with Crippen molar-refractivity contribution in [2.45, 2.75) is 12.8 Å². The normalized spacial score (nSPS) is 11.9. The van der Waals surface area contributed by atoms with Gasteiger partial charge in [0.2, 0.25) is 0 Å². The van der Waals surface area contributed by atoms with Gasteiger partial charge in [0.1, 0.15) is 0 Å². The highest BCUT2D eigenvalue weighted by Crippen LogP contribution is 1.90. The molecule has 0 aromatic heterocycles. The number of nitrogens with two attached hydrogens (primary N) is 2. The van der Waals surface area contributed by atoms with Gasteiger partial charge in [-0.2, -0.15) is 0 Å². The van der Waals surface area contributed by atoms with E-state index in [1.807, 2.05) is 0 Å². The first-order valence-electron chi connectivity index (χ1n) is 6.80. The summed E-state index contributed by atoms with van der Waals surface area (Å²) in [5.41, 5.74) is 10.7. The molecule has 0 radical (unpaired) electrons. The Bertz CT molecular complexity index is 295. The number of rotatable bonds is 6. The van der Waals surface area contributed by atoms with Crippen LogP contribution in [0.4, 0.5) is 0 Å². The molecule has 8 nitrogen and oxygen atoms in total. The lowest BCUT2D eigenvalue weighted by molar-refractivity contribution is -0.870. The van der Waals surface area contributed by atoms with E-state index in [1.165, 1.54) is 13.1 Å². The Morgan fingerprint density at radius 3 is 1.00 bits per heavy atom. The number of nitrogens with zero attached hydrogens (tertiary/aromatic N) is 2. The second kappa shape index (κ2) is 12.3. The van der Waals surface area contributed by atoms with Crippen LogP contribution in [0.25, 0.3) is 0 Å². The fourth-order valence-electron chi connectivity index (χ4n) is 1.13. The molecule has 4 N–H and O–H groups in total. The topological polar surface area (TPSA) is 132 Å². The van der Waals surface area contributed by atoms with E-state index in [4.69, 9.17) is 29.0 Å². The first kappa shape index (κ1) is 25.7. The highest BCUT2D eigenvalue weighted by atomic mass is 32.3. The second-order valence-electron chi connectivity index (χ2n) is 6.72. The first-order chi connectivity index (χ1) is 9.12. The van der Waals surface area contributed by atoms with Gasteiger partial charge >= 0.3 is 0 Å². The van der Waals surface area contributed by atoms with E-state index in [9.17, 15) is 0 Å². The lowest BCUT2D eigenvalue weighted by atomic mass is 10.4. The smallest absolute Gasteiger partial charge is 0.0792 e. The van der Waals surface area contributed by atoms with E-state index < -0.39 is 10.4 Å². The molecule has 21 heavy (non-hydrogen) atoms. The number of hydrogen-bond acceptors (Lipinski definition) is 6. The predicted octanol–water partition coefficient (Wildman–Crippen LogP) is -1.26. The lowest BCUT2D eigenvalue weighted by Crippen LogP contribution is -2.36. The molecule has 132 valence electrons. The summed E-state index contributed by atoms with van der Waals surface area (Å²) in [6, 6.07) is 0. The van der Waals surface area contributed by atoms with Crippen LogP contribution in [-0.2, 0) is 10.4 Å². The molecule has 0 rings (SSSR count). The molecule has 0 fully saturated rings. The molecule has 0 aliphatic carbocycles. The van der Waals surface area contributed by atoms with Crippen LogP contribution in [0.15, 0.2) is 0 Å². The highest BCUT2D eigenvalue weighted by Gasteiger charge is 2.03. The first-order valence-corrected chi connectivity index (χ1v) is 8.13. The summed E-state index contributed by atoms with van der Waals surface area (Å²) in [7, 11) is 7.89. The van der Waals surface area contributed by atoms with E-state index in [2.05, 4.69) is 42.3 Å². The molecule has 0 aromatic rings. The molecular formula is C12H34N4O4S. The molecule has 0 aromatic carbocycles. The predicted molar refractivity (Wildman–Crippen MR) is 83.6 cm³/mol.